The lowest BCUT2D eigenvalue weighted by Crippen LogP contribution is -2.62. The molecule has 5 atom stereocenters. The predicted octanol–water partition coefficient (Wildman–Crippen LogP) is 5.11. The summed E-state index contributed by atoms with van der Waals surface area (Å²) in [7, 11) is 0. The van der Waals surface area contributed by atoms with Gasteiger partial charge in [-0.1, -0.05) is 35.9 Å². The molecule has 214 valence electrons. The second-order valence-electron chi connectivity index (χ2n) is 10.1. The number of amides is 2. The van der Waals surface area contributed by atoms with E-state index in [0.717, 1.165) is 17.0 Å². The molecule has 2 fully saturated rings. The van der Waals surface area contributed by atoms with Gasteiger partial charge < -0.3 is 14.9 Å². The number of aryl methyl sites for hydroxylation is 1. The zero-order valence-electron chi connectivity index (χ0n) is 21.6. The molecular formula is C29H24ClF3N2O6. The minimum absolute atomic E-state index is 0.0901. The number of alkyl halides is 3. The number of carboxylic acids is 1. The van der Waals surface area contributed by atoms with E-state index >= 15 is 0 Å². The van der Waals surface area contributed by atoms with Crippen molar-refractivity contribution >= 4 is 35.1 Å². The maximum Gasteiger partial charge on any atom is 0.416 e. The molecule has 0 aromatic heterocycles. The number of aliphatic carboxylic acids is 1. The average molecular weight is 589 g/mol. The lowest BCUT2D eigenvalue weighted by Gasteiger charge is -2.33. The summed E-state index contributed by atoms with van der Waals surface area (Å²) in [6, 6.07) is 13.8. The van der Waals surface area contributed by atoms with Crippen molar-refractivity contribution in [3.8, 4) is 11.5 Å². The minimum atomic E-state index is -4.58. The summed E-state index contributed by atoms with van der Waals surface area (Å²) in [5.74, 6) is -5.72. The number of hydrogen-bond donors (Lipinski definition) is 3. The van der Waals surface area contributed by atoms with Gasteiger partial charge in [0.15, 0.2) is 5.54 Å². The Balaban J connectivity index is 1.56. The number of aliphatic hydroxyl groups excluding tert-OH is 1. The van der Waals surface area contributed by atoms with E-state index in [0.29, 0.717) is 16.1 Å². The summed E-state index contributed by atoms with van der Waals surface area (Å²) >= 11 is 6.24. The number of carboxylic acid groups (broad SMARTS) is 1. The second kappa shape index (κ2) is 10.2. The molecule has 2 aliphatic heterocycles. The Morgan fingerprint density at radius 1 is 1.05 bits per heavy atom. The van der Waals surface area contributed by atoms with Gasteiger partial charge in [0, 0.05) is 11.1 Å². The minimum Gasteiger partial charge on any atom is -0.480 e. The van der Waals surface area contributed by atoms with Crippen molar-refractivity contribution in [3.63, 3.8) is 0 Å². The Hall–Kier alpha value is -3.93. The van der Waals surface area contributed by atoms with E-state index < -0.39 is 59.0 Å². The predicted molar refractivity (Wildman–Crippen MR) is 142 cm³/mol. The highest BCUT2D eigenvalue weighted by Crippen LogP contribution is 2.51. The van der Waals surface area contributed by atoms with Crippen LogP contribution in [0.2, 0.25) is 5.02 Å². The molecule has 8 nitrogen and oxygen atoms in total. The molecule has 2 saturated heterocycles. The van der Waals surface area contributed by atoms with Crippen LogP contribution < -0.4 is 15.0 Å². The maximum absolute atomic E-state index is 13.8. The van der Waals surface area contributed by atoms with Crippen molar-refractivity contribution in [1.82, 2.24) is 5.32 Å². The number of hydrogen-bond acceptors (Lipinski definition) is 6. The molecule has 3 aromatic rings. The normalized spacial score (nSPS) is 24.9. The number of aliphatic hydroxyl groups is 1. The Morgan fingerprint density at radius 2 is 1.71 bits per heavy atom. The fourth-order valence-electron chi connectivity index (χ4n) is 5.61. The number of anilines is 1. The van der Waals surface area contributed by atoms with E-state index in [1.807, 2.05) is 0 Å². The van der Waals surface area contributed by atoms with E-state index in [9.17, 15) is 37.8 Å². The summed E-state index contributed by atoms with van der Waals surface area (Å²) in [4.78, 5) is 41.1. The molecule has 3 aromatic carbocycles. The van der Waals surface area contributed by atoms with Crippen molar-refractivity contribution < 1.29 is 42.5 Å². The van der Waals surface area contributed by atoms with Gasteiger partial charge >= 0.3 is 12.1 Å². The highest BCUT2D eigenvalue weighted by molar-refractivity contribution is 6.32. The molecule has 2 heterocycles. The van der Waals surface area contributed by atoms with E-state index in [1.54, 1.807) is 19.1 Å². The van der Waals surface area contributed by atoms with Crippen molar-refractivity contribution in [2.24, 2.45) is 11.8 Å². The van der Waals surface area contributed by atoms with E-state index in [1.165, 1.54) is 49.4 Å². The maximum atomic E-state index is 13.8. The van der Waals surface area contributed by atoms with Gasteiger partial charge in [0.1, 0.15) is 11.5 Å². The number of ether oxygens (including phenoxy) is 1. The third kappa shape index (κ3) is 4.73. The van der Waals surface area contributed by atoms with Crippen LogP contribution in [-0.2, 0) is 20.6 Å². The van der Waals surface area contributed by atoms with Crippen molar-refractivity contribution in [2.75, 3.05) is 4.90 Å². The molecule has 0 saturated carbocycles. The molecule has 0 aliphatic carbocycles. The lowest BCUT2D eigenvalue weighted by molar-refractivity contribution is -0.154. The SMILES string of the molecule is Cc1ccc(N2C(=O)C3C(c4cccc(Oc5cccc(C(F)(F)F)c5)c4)NC(C(=O)O)(C(C)O)C3C2=O)cc1Cl. The van der Waals surface area contributed by atoms with Gasteiger partial charge in [0.2, 0.25) is 11.8 Å². The summed E-state index contributed by atoms with van der Waals surface area (Å²) < 4.78 is 45.2. The van der Waals surface area contributed by atoms with Crippen LogP contribution in [0.4, 0.5) is 18.9 Å². The Labute approximate surface area is 237 Å². The zero-order chi connectivity index (χ0) is 29.9. The summed E-state index contributed by atoms with van der Waals surface area (Å²) in [5, 5.41) is 24.1. The molecule has 2 amide bonds. The van der Waals surface area contributed by atoms with Crippen LogP contribution in [-0.4, -0.2) is 39.6 Å². The molecule has 2 aliphatic rings. The third-order valence-corrected chi connectivity index (χ3v) is 8.04. The Morgan fingerprint density at radius 3 is 2.32 bits per heavy atom. The first kappa shape index (κ1) is 28.6. The smallest absolute Gasteiger partial charge is 0.416 e. The molecule has 3 N–H and O–H groups in total. The quantitative estimate of drug-likeness (QED) is 0.343. The highest BCUT2D eigenvalue weighted by atomic mass is 35.5. The molecule has 41 heavy (non-hydrogen) atoms. The van der Waals surface area contributed by atoms with E-state index in [-0.39, 0.29) is 17.2 Å². The van der Waals surface area contributed by atoms with Crippen LogP contribution in [0.25, 0.3) is 0 Å². The molecule has 12 heteroatoms. The summed E-state index contributed by atoms with van der Waals surface area (Å²) in [6.45, 7) is 2.96. The van der Waals surface area contributed by atoms with E-state index in [2.05, 4.69) is 5.32 Å². The number of imide groups is 1. The standard InChI is InChI=1S/C29H24ClF3N2O6/c1-14-9-10-18(13-21(14)30)35-25(37)22-23(26(35)38)28(15(2)36,27(39)40)34-24(22)16-5-3-7-19(11-16)41-20-8-4-6-17(12-20)29(31,32)33/h3-13,15,22-24,34,36H,1-2H3,(H,39,40). The van der Waals surface area contributed by atoms with Crippen LogP contribution in [0.1, 0.15) is 29.7 Å². The molecule has 5 unspecified atom stereocenters. The largest absolute Gasteiger partial charge is 0.480 e. The van der Waals surface area contributed by atoms with Crippen LogP contribution in [0.5, 0.6) is 11.5 Å². The lowest BCUT2D eigenvalue weighted by atomic mass is 9.76. The number of halogens is 4. The molecular weight excluding hydrogens is 565 g/mol. The summed E-state index contributed by atoms with van der Waals surface area (Å²) in [5.41, 5.74) is -1.92. The van der Waals surface area contributed by atoms with Crippen molar-refractivity contribution in [3.05, 3.63) is 88.4 Å². The first-order valence-corrected chi connectivity index (χ1v) is 12.9. The number of rotatable bonds is 6. The topological polar surface area (TPSA) is 116 Å². The van der Waals surface area contributed by atoms with Gasteiger partial charge in [0.05, 0.1) is 29.2 Å². The molecule has 0 bridgehead atoms. The number of carbonyl (C=O) groups excluding carboxylic acids is 2. The molecule has 0 radical (unpaired) electrons. The fourth-order valence-corrected chi connectivity index (χ4v) is 5.78. The van der Waals surface area contributed by atoms with Crippen LogP contribution >= 0.6 is 11.6 Å². The van der Waals surface area contributed by atoms with Gasteiger partial charge in [-0.25, -0.2) is 4.90 Å². The van der Waals surface area contributed by atoms with Gasteiger partial charge in [-0.3, -0.25) is 19.7 Å². The van der Waals surface area contributed by atoms with Gasteiger partial charge in [-0.15, -0.1) is 0 Å². The Kier molecular flexibility index (Phi) is 7.09. The molecule has 5 rings (SSSR count). The number of benzene rings is 3. The first-order valence-electron chi connectivity index (χ1n) is 12.5. The van der Waals surface area contributed by atoms with Crippen molar-refractivity contribution in [2.45, 2.75) is 37.7 Å². The van der Waals surface area contributed by atoms with Crippen LogP contribution in [0, 0.1) is 18.8 Å². The fraction of sp³-hybridized carbons (Fsp3) is 0.276. The number of carbonyl (C=O) groups is 3. The third-order valence-electron chi connectivity index (χ3n) is 7.64. The second-order valence-corrected chi connectivity index (χ2v) is 10.5. The number of fused-ring (bicyclic) bond motifs is 1. The van der Waals surface area contributed by atoms with Gasteiger partial charge in [0.25, 0.3) is 0 Å². The van der Waals surface area contributed by atoms with Crippen molar-refractivity contribution in [1.29, 1.82) is 0 Å². The number of nitrogens with one attached hydrogen (secondary N) is 1. The highest BCUT2D eigenvalue weighted by Gasteiger charge is 2.70. The monoisotopic (exact) mass is 588 g/mol. The van der Waals surface area contributed by atoms with E-state index in [4.69, 9.17) is 16.3 Å². The average Bonchev–Trinajstić information content (AvgIpc) is 3.40. The van der Waals surface area contributed by atoms with Gasteiger partial charge in [-0.05, 0) is 67.4 Å². The molecule has 0 spiro atoms. The zero-order valence-corrected chi connectivity index (χ0v) is 22.4. The first-order chi connectivity index (χ1) is 19.3. The van der Waals surface area contributed by atoms with Crippen LogP contribution in [0.15, 0.2) is 66.7 Å². The van der Waals surface area contributed by atoms with Crippen LogP contribution in [0.3, 0.4) is 0 Å². The Bertz CT molecular complexity index is 1560. The van der Waals surface area contributed by atoms with Gasteiger partial charge in [-0.2, -0.15) is 13.2 Å². The summed E-state index contributed by atoms with van der Waals surface area (Å²) in [6.07, 6.45) is -6.17. The number of nitrogens with zero attached hydrogens (tertiary/aromatic N) is 1.